The highest BCUT2D eigenvalue weighted by atomic mass is 16.4. The van der Waals surface area contributed by atoms with Crippen molar-refractivity contribution in [2.45, 2.75) is 65.0 Å². The molecule has 0 aliphatic heterocycles. The second kappa shape index (κ2) is 6.37. The van der Waals surface area contributed by atoms with Gasteiger partial charge in [0.2, 0.25) is 5.91 Å². The lowest BCUT2D eigenvalue weighted by Gasteiger charge is -2.31. The molecule has 1 amide bonds. The molecule has 110 valence electrons. The average Bonchev–Trinajstić information content (AvgIpc) is 2.73. The molecule has 0 heterocycles. The number of aliphatic hydroxyl groups excluding tert-OH is 1. The van der Waals surface area contributed by atoms with Crippen molar-refractivity contribution < 1.29 is 19.8 Å². The molecule has 0 radical (unpaired) electrons. The van der Waals surface area contributed by atoms with E-state index in [1.807, 2.05) is 0 Å². The lowest BCUT2D eigenvalue weighted by Crippen LogP contribution is -2.52. The van der Waals surface area contributed by atoms with Crippen molar-refractivity contribution in [1.82, 2.24) is 5.32 Å². The highest BCUT2D eigenvalue weighted by molar-refractivity contribution is 5.88. The molecule has 1 aliphatic carbocycles. The fourth-order valence-corrected chi connectivity index (χ4v) is 3.04. The number of hydrogen-bond acceptors (Lipinski definition) is 3. The maximum atomic E-state index is 12.4. The van der Waals surface area contributed by atoms with E-state index in [0.29, 0.717) is 5.92 Å². The van der Waals surface area contributed by atoms with E-state index >= 15 is 0 Å². The number of carboxylic acids is 1. The summed E-state index contributed by atoms with van der Waals surface area (Å²) in [7, 11) is 0. The second-order valence-electron chi connectivity index (χ2n) is 6.12. The summed E-state index contributed by atoms with van der Waals surface area (Å²) in [6.07, 6.45) is 3.30. The van der Waals surface area contributed by atoms with Gasteiger partial charge in [0.05, 0.1) is 6.10 Å². The Morgan fingerprint density at radius 3 is 2.11 bits per heavy atom. The third-order valence-corrected chi connectivity index (χ3v) is 3.88. The SMILES string of the molecule is CC(C)CC1(C(=O)NC(C(=O)O)C(C)O)CCCC1. The van der Waals surface area contributed by atoms with Crippen LogP contribution in [0.5, 0.6) is 0 Å². The minimum absolute atomic E-state index is 0.216. The van der Waals surface area contributed by atoms with Gasteiger partial charge in [0, 0.05) is 5.41 Å². The number of aliphatic carboxylic acids is 1. The van der Waals surface area contributed by atoms with Crippen molar-refractivity contribution in [3.05, 3.63) is 0 Å². The van der Waals surface area contributed by atoms with Gasteiger partial charge < -0.3 is 15.5 Å². The smallest absolute Gasteiger partial charge is 0.328 e. The van der Waals surface area contributed by atoms with Gasteiger partial charge in [-0.05, 0) is 32.1 Å². The Kier molecular flexibility index (Phi) is 5.35. The first-order valence-electron chi connectivity index (χ1n) is 7.00. The molecule has 0 aromatic rings. The van der Waals surface area contributed by atoms with Gasteiger partial charge in [-0.25, -0.2) is 4.79 Å². The van der Waals surface area contributed by atoms with Gasteiger partial charge in [0.25, 0.3) is 0 Å². The van der Waals surface area contributed by atoms with Crippen LogP contribution >= 0.6 is 0 Å². The molecule has 2 unspecified atom stereocenters. The number of rotatable bonds is 6. The van der Waals surface area contributed by atoms with Crippen molar-refractivity contribution in [3.63, 3.8) is 0 Å². The monoisotopic (exact) mass is 271 g/mol. The van der Waals surface area contributed by atoms with Crippen molar-refractivity contribution in [1.29, 1.82) is 0 Å². The summed E-state index contributed by atoms with van der Waals surface area (Å²) < 4.78 is 0. The number of amides is 1. The molecule has 0 aromatic carbocycles. The van der Waals surface area contributed by atoms with Crippen LogP contribution in [0.3, 0.4) is 0 Å². The Labute approximate surface area is 114 Å². The fraction of sp³-hybridized carbons (Fsp3) is 0.857. The number of hydrogen-bond donors (Lipinski definition) is 3. The second-order valence-corrected chi connectivity index (χ2v) is 6.12. The quantitative estimate of drug-likeness (QED) is 0.684. The minimum Gasteiger partial charge on any atom is -0.480 e. The van der Waals surface area contributed by atoms with E-state index in [-0.39, 0.29) is 5.91 Å². The average molecular weight is 271 g/mol. The molecule has 5 heteroatoms. The molecule has 1 rings (SSSR count). The van der Waals surface area contributed by atoms with Gasteiger partial charge in [-0.3, -0.25) is 4.79 Å². The Bertz CT molecular complexity index is 332. The lowest BCUT2D eigenvalue weighted by molar-refractivity contribution is -0.147. The summed E-state index contributed by atoms with van der Waals surface area (Å²) in [5, 5.41) is 21.0. The summed E-state index contributed by atoms with van der Waals surface area (Å²) in [5.74, 6) is -1.02. The van der Waals surface area contributed by atoms with E-state index in [2.05, 4.69) is 19.2 Å². The van der Waals surface area contributed by atoms with Gasteiger partial charge in [-0.15, -0.1) is 0 Å². The van der Waals surface area contributed by atoms with E-state index in [1.165, 1.54) is 6.92 Å². The van der Waals surface area contributed by atoms with Crippen LogP contribution in [0.25, 0.3) is 0 Å². The van der Waals surface area contributed by atoms with Crippen LogP contribution in [0.4, 0.5) is 0 Å². The van der Waals surface area contributed by atoms with Crippen molar-refractivity contribution in [2.75, 3.05) is 0 Å². The molecule has 0 aromatic heterocycles. The fourth-order valence-electron chi connectivity index (χ4n) is 3.04. The van der Waals surface area contributed by atoms with Crippen LogP contribution in [0.1, 0.15) is 52.9 Å². The third kappa shape index (κ3) is 3.93. The molecule has 19 heavy (non-hydrogen) atoms. The summed E-state index contributed by atoms with van der Waals surface area (Å²) in [6, 6.07) is -1.22. The normalized spacial score (nSPS) is 21.1. The van der Waals surface area contributed by atoms with Gasteiger partial charge in [-0.2, -0.15) is 0 Å². The van der Waals surface area contributed by atoms with Crippen LogP contribution in [0.15, 0.2) is 0 Å². The predicted octanol–water partition coefficient (Wildman–Crippen LogP) is 1.54. The van der Waals surface area contributed by atoms with Gasteiger partial charge in [0.15, 0.2) is 6.04 Å². The number of carbonyl (C=O) groups excluding carboxylic acids is 1. The zero-order valence-electron chi connectivity index (χ0n) is 12.0. The highest BCUT2D eigenvalue weighted by Gasteiger charge is 2.43. The zero-order valence-corrected chi connectivity index (χ0v) is 12.0. The van der Waals surface area contributed by atoms with E-state index < -0.39 is 23.5 Å². The van der Waals surface area contributed by atoms with Crippen LogP contribution in [-0.2, 0) is 9.59 Å². The first-order chi connectivity index (χ1) is 8.78. The van der Waals surface area contributed by atoms with Gasteiger partial charge >= 0.3 is 5.97 Å². The molecule has 2 atom stereocenters. The van der Waals surface area contributed by atoms with Crippen molar-refractivity contribution in [2.24, 2.45) is 11.3 Å². The first kappa shape index (κ1) is 16.0. The standard InChI is InChI=1S/C14H25NO4/c1-9(2)8-14(6-4-5-7-14)13(19)15-11(10(3)16)12(17)18/h9-11,16H,4-8H2,1-3H3,(H,15,19)(H,17,18). The summed E-state index contributed by atoms with van der Waals surface area (Å²) in [6.45, 7) is 5.51. The molecule has 0 saturated heterocycles. The Hall–Kier alpha value is -1.10. The summed E-state index contributed by atoms with van der Waals surface area (Å²) in [4.78, 5) is 23.5. The van der Waals surface area contributed by atoms with Crippen LogP contribution < -0.4 is 5.32 Å². The number of carboxylic acid groups (broad SMARTS) is 1. The summed E-state index contributed by atoms with van der Waals surface area (Å²) in [5.41, 5.74) is -0.448. The molecular formula is C14H25NO4. The Morgan fingerprint density at radius 1 is 1.21 bits per heavy atom. The van der Waals surface area contributed by atoms with E-state index in [1.54, 1.807) is 0 Å². The molecule has 1 aliphatic rings. The van der Waals surface area contributed by atoms with Crippen LogP contribution in [0.2, 0.25) is 0 Å². The molecular weight excluding hydrogens is 246 g/mol. The molecule has 3 N–H and O–H groups in total. The first-order valence-corrected chi connectivity index (χ1v) is 7.00. The largest absolute Gasteiger partial charge is 0.480 e. The lowest BCUT2D eigenvalue weighted by atomic mass is 9.77. The minimum atomic E-state index is -1.22. The van der Waals surface area contributed by atoms with Crippen molar-refractivity contribution >= 4 is 11.9 Å². The van der Waals surface area contributed by atoms with Gasteiger partial charge in [0.1, 0.15) is 0 Å². The number of aliphatic hydroxyl groups is 1. The van der Waals surface area contributed by atoms with E-state index in [4.69, 9.17) is 5.11 Å². The van der Waals surface area contributed by atoms with Crippen molar-refractivity contribution in [3.8, 4) is 0 Å². The molecule has 0 spiro atoms. The zero-order chi connectivity index (χ0) is 14.6. The number of nitrogens with one attached hydrogen (secondary N) is 1. The highest BCUT2D eigenvalue weighted by Crippen LogP contribution is 2.43. The van der Waals surface area contributed by atoms with Gasteiger partial charge in [-0.1, -0.05) is 26.7 Å². The van der Waals surface area contributed by atoms with Crippen LogP contribution in [0, 0.1) is 11.3 Å². The Morgan fingerprint density at radius 2 is 1.74 bits per heavy atom. The Balaban J connectivity index is 2.80. The predicted molar refractivity (Wildman–Crippen MR) is 71.6 cm³/mol. The molecule has 1 fully saturated rings. The van der Waals surface area contributed by atoms with E-state index in [9.17, 15) is 14.7 Å². The third-order valence-electron chi connectivity index (χ3n) is 3.88. The maximum Gasteiger partial charge on any atom is 0.328 e. The maximum absolute atomic E-state index is 12.4. The number of carbonyl (C=O) groups is 2. The van der Waals surface area contributed by atoms with E-state index in [0.717, 1.165) is 32.1 Å². The molecule has 0 bridgehead atoms. The molecule has 1 saturated carbocycles. The molecule has 5 nitrogen and oxygen atoms in total. The van der Waals surface area contributed by atoms with Crippen LogP contribution in [-0.4, -0.2) is 34.2 Å². The topological polar surface area (TPSA) is 86.6 Å². The summed E-state index contributed by atoms with van der Waals surface area (Å²) >= 11 is 0.